The van der Waals surface area contributed by atoms with Crippen LogP contribution in [0.3, 0.4) is 0 Å². The van der Waals surface area contributed by atoms with E-state index in [1.807, 2.05) is 0 Å². The van der Waals surface area contributed by atoms with Gasteiger partial charge < -0.3 is 14.0 Å². The molecule has 0 unspecified atom stereocenters. The molecule has 8 heteroatoms. The SMILES string of the molecule is O=C1CCCC[C@@]12CCCc1c2noc1-c1nc(Cl)c2c(n1)[C@@]1(CCOC1)COC2. The van der Waals surface area contributed by atoms with E-state index in [4.69, 9.17) is 30.6 Å². The summed E-state index contributed by atoms with van der Waals surface area (Å²) in [6, 6.07) is 0. The molecule has 7 nitrogen and oxygen atoms in total. The van der Waals surface area contributed by atoms with Crippen molar-refractivity contribution >= 4 is 17.4 Å². The Balaban J connectivity index is 1.48. The van der Waals surface area contributed by atoms with Crippen LogP contribution < -0.4 is 0 Å². The highest BCUT2D eigenvalue weighted by Gasteiger charge is 2.48. The molecule has 2 aromatic rings. The second-order valence-electron chi connectivity index (χ2n) is 9.15. The zero-order valence-electron chi connectivity index (χ0n) is 16.8. The maximum absolute atomic E-state index is 12.9. The predicted octanol–water partition coefficient (Wildman–Crippen LogP) is 3.69. The van der Waals surface area contributed by atoms with Gasteiger partial charge in [-0.3, -0.25) is 4.79 Å². The number of hydrogen-bond acceptors (Lipinski definition) is 7. The largest absolute Gasteiger partial charge is 0.380 e. The Kier molecular flexibility index (Phi) is 4.31. The van der Waals surface area contributed by atoms with E-state index in [2.05, 4.69) is 10.1 Å². The van der Waals surface area contributed by atoms with Crippen molar-refractivity contribution in [3.63, 3.8) is 0 Å². The normalized spacial score (nSPS) is 30.6. The van der Waals surface area contributed by atoms with Gasteiger partial charge in [-0.15, -0.1) is 0 Å². The van der Waals surface area contributed by atoms with Crippen LogP contribution >= 0.6 is 11.6 Å². The minimum atomic E-state index is -0.486. The smallest absolute Gasteiger partial charge is 0.207 e. The van der Waals surface area contributed by atoms with Crippen LogP contribution in [0, 0.1) is 0 Å². The third-order valence-corrected chi connectivity index (χ3v) is 7.77. The molecule has 2 aliphatic heterocycles. The lowest BCUT2D eigenvalue weighted by atomic mass is 9.64. The van der Waals surface area contributed by atoms with Gasteiger partial charge in [0.15, 0.2) is 0 Å². The van der Waals surface area contributed by atoms with Gasteiger partial charge in [0.25, 0.3) is 0 Å². The van der Waals surface area contributed by atoms with Gasteiger partial charge in [0, 0.05) is 24.2 Å². The van der Waals surface area contributed by atoms with E-state index in [9.17, 15) is 4.79 Å². The zero-order chi connectivity index (χ0) is 20.3. The fraction of sp³-hybridized carbons (Fsp3) is 0.636. The maximum Gasteiger partial charge on any atom is 0.207 e. The summed E-state index contributed by atoms with van der Waals surface area (Å²) < 4.78 is 17.3. The summed E-state index contributed by atoms with van der Waals surface area (Å²) in [6.07, 6.45) is 6.97. The number of rotatable bonds is 1. The van der Waals surface area contributed by atoms with Crippen molar-refractivity contribution in [1.29, 1.82) is 0 Å². The van der Waals surface area contributed by atoms with E-state index in [1.54, 1.807) is 0 Å². The topological polar surface area (TPSA) is 87.3 Å². The molecular weight excluding hydrogens is 406 g/mol. The lowest BCUT2D eigenvalue weighted by Crippen LogP contribution is -2.41. The maximum atomic E-state index is 12.9. The number of nitrogens with zero attached hydrogens (tertiary/aromatic N) is 3. The summed E-state index contributed by atoms with van der Waals surface area (Å²) in [5, 5.41) is 4.82. The van der Waals surface area contributed by atoms with Gasteiger partial charge in [0.2, 0.25) is 11.6 Å². The zero-order valence-corrected chi connectivity index (χ0v) is 17.6. The van der Waals surface area contributed by atoms with E-state index in [-0.39, 0.29) is 5.41 Å². The molecule has 30 heavy (non-hydrogen) atoms. The van der Waals surface area contributed by atoms with Crippen molar-refractivity contribution < 1.29 is 18.8 Å². The van der Waals surface area contributed by atoms with E-state index < -0.39 is 5.41 Å². The number of carbonyl (C=O) groups excluding carboxylic acids is 1. The molecule has 4 aliphatic rings. The number of halogens is 1. The molecule has 2 fully saturated rings. The molecule has 2 aromatic heterocycles. The molecule has 158 valence electrons. The van der Waals surface area contributed by atoms with E-state index in [0.29, 0.717) is 55.4 Å². The Morgan fingerprint density at radius 3 is 2.60 bits per heavy atom. The van der Waals surface area contributed by atoms with E-state index >= 15 is 0 Å². The first kappa shape index (κ1) is 18.9. The highest BCUT2D eigenvalue weighted by Crippen LogP contribution is 2.47. The molecule has 4 heterocycles. The van der Waals surface area contributed by atoms with E-state index in [0.717, 1.165) is 67.5 Å². The van der Waals surface area contributed by atoms with Gasteiger partial charge in [0.1, 0.15) is 16.6 Å². The average molecular weight is 430 g/mol. The van der Waals surface area contributed by atoms with Crippen LogP contribution in [0.1, 0.15) is 67.5 Å². The molecule has 6 rings (SSSR count). The van der Waals surface area contributed by atoms with Crippen LogP contribution in [-0.2, 0) is 38.1 Å². The molecule has 0 N–H and O–H groups in total. The van der Waals surface area contributed by atoms with Crippen LogP contribution in [-0.4, -0.2) is 40.7 Å². The van der Waals surface area contributed by atoms with Gasteiger partial charge in [-0.25, -0.2) is 9.97 Å². The van der Waals surface area contributed by atoms with Crippen molar-refractivity contribution in [1.82, 2.24) is 15.1 Å². The van der Waals surface area contributed by atoms with Gasteiger partial charge in [-0.05, 0) is 38.5 Å². The number of aromatic nitrogens is 3. The van der Waals surface area contributed by atoms with Crippen LogP contribution in [0.2, 0.25) is 5.15 Å². The molecule has 2 spiro atoms. The first-order valence-corrected chi connectivity index (χ1v) is 11.3. The Morgan fingerprint density at radius 1 is 0.900 bits per heavy atom. The standard InChI is InChI=1S/C22H24ClN3O4/c23-19-14-10-29-12-21(8-9-28-11-21)17(14)24-20(25-19)16-13-4-3-7-22(18(13)26-30-16)6-2-1-5-15(22)27/h1-12H2/t21-,22-/m1/s1. The molecular formula is C22H24ClN3O4. The number of fused-ring (bicyclic) bond motifs is 4. The van der Waals surface area contributed by atoms with Gasteiger partial charge in [-0.2, -0.15) is 0 Å². The van der Waals surface area contributed by atoms with Crippen LogP contribution in [0.5, 0.6) is 0 Å². The fourth-order valence-corrected chi connectivity index (χ4v) is 6.06. The first-order valence-electron chi connectivity index (χ1n) is 10.9. The molecule has 2 atom stereocenters. The quantitative estimate of drug-likeness (QED) is 0.639. The van der Waals surface area contributed by atoms with Crippen LogP contribution in [0.4, 0.5) is 0 Å². The molecule has 2 aliphatic carbocycles. The summed E-state index contributed by atoms with van der Waals surface area (Å²) >= 11 is 6.59. The monoisotopic (exact) mass is 429 g/mol. The summed E-state index contributed by atoms with van der Waals surface area (Å²) in [4.78, 5) is 22.4. The third-order valence-electron chi connectivity index (χ3n) is 7.45. The van der Waals surface area contributed by atoms with Gasteiger partial charge >= 0.3 is 0 Å². The van der Waals surface area contributed by atoms with E-state index in [1.165, 1.54) is 0 Å². The Morgan fingerprint density at radius 2 is 1.77 bits per heavy atom. The third kappa shape index (κ3) is 2.58. The number of Topliss-reactive ketones (excluding diaryl/α,β-unsaturated/α-hetero) is 1. The number of carbonyl (C=O) groups is 1. The average Bonchev–Trinajstić information content (AvgIpc) is 3.40. The Bertz CT molecular complexity index is 1030. The minimum absolute atomic E-state index is 0.282. The van der Waals surface area contributed by atoms with Crippen LogP contribution in [0.25, 0.3) is 11.6 Å². The molecule has 1 saturated carbocycles. The molecule has 0 aromatic carbocycles. The summed E-state index contributed by atoms with van der Waals surface area (Å²) in [6.45, 7) is 2.22. The molecule has 0 radical (unpaired) electrons. The highest BCUT2D eigenvalue weighted by molar-refractivity contribution is 6.30. The van der Waals surface area contributed by atoms with Crippen molar-refractivity contribution in [3.05, 3.63) is 27.7 Å². The second-order valence-corrected chi connectivity index (χ2v) is 9.50. The number of hydrogen-bond donors (Lipinski definition) is 0. The summed E-state index contributed by atoms with van der Waals surface area (Å²) in [7, 11) is 0. The van der Waals surface area contributed by atoms with Crippen LogP contribution in [0.15, 0.2) is 4.52 Å². The molecule has 1 saturated heterocycles. The van der Waals surface area contributed by atoms with Gasteiger partial charge in [0.05, 0.1) is 36.3 Å². The Hall–Kier alpha value is -1.83. The number of ketones is 1. The van der Waals surface area contributed by atoms with Crippen molar-refractivity contribution in [3.8, 4) is 11.6 Å². The summed E-state index contributed by atoms with van der Waals surface area (Å²) in [5.41, 5.74) is 2.77. The fourth-order valence-electron chi connectivity index (χ4n) is 5.83. The Labute approximate surface area is 179 Å². The number of ether oxygens (including phenoxy) is 2. The minimum Gasteiger partial charge on any atom is -0.380 e. The van der Waals surface area contributed by atoms with Crippen molar-refractivity contribution in [2.45, 2.75) is 68.8 Å². The van der Waals surface area contributed by atoms with Crippen molar-refractivity contribution in [2.75, 3.05) is 19.8 Å². The predicted molar refractivity (Wildman–Crippen MR) is 107 cm³/mol. The molecule has 0 amide bonds. The highest BCUT2D eigenvalue weighted by atomic mass is 35.5. The summed E-state index contributed by atoms with van der Waals surface area (Å²) in [5.74, 6) is 1.33. The van der Waals surface area contributed by atoms with Crippen molar-refractivity contribution in [2.24, 2.45) is 0 Å². The lowest BCUT2D eigenvalue weighted by molar-refractivity contribution is -0.127. The first-order chi connectivity index (χ1) is 14.6. The molecule has 0 bridgehead atoms. The second kappa shape index (κ2) is 6.84. The lowest BCUT2D eigenvalue weighted by Gasteiger charge is -2.37. The van der Waals surface area contributed by atoms with Gasteiger partial charge in [-0.1, -0.05) is 23.2 Å².